The first-order valence-electron chi connectivity index (χ1n) is 32.9. The van der Waals surface area contributed by atoms with Crippen molar-refractivity contribution in [2.45, 2.75) is 181 Å². The number of aromatic nitrogens is 1. The quantitative estimate of drug-likeness (QED) is 0.0202. The molecule has 0 saturated heterocycles. The number of benzene rings is 1. The Morgan fingerprint density at radius 1 is 0.729 bits per heavy atom. The first-order chi connectivity index (χ1) is 45.3. The number of aliphatic carboxylic acids is 1. The van der Waals surface area contributed by atoms with Gasteiger partial charge in [0.2, 0.25) is 23.6 Å². The average molecular weight is 1360 g/mol. The molecule has 530 valence electrons. The van der Waals surface area contributed by atoms with Crippen molar-refractivity contribution < 1.29 is 86.8 Å². The highest BCUT2D eigenvalue weighted by Gasteiger charge is 2.39. The van der Waals surface area contributed by atoms with Crippen LogP contribution in [0.3, 0.4) is 0 Å². The number of thiazole rings is 1. The summed E-state index contributed by atoms with van der Waals surface area (Å²) < 4.78 is 17.1. The molecule has 2 aromatic rings. The van der Waals surface area contributed by atoms with E-state index in [1.54, 1.807) is 18.0 Å². The van der Waals surface area contributed by atoms with Crippen LogP contribution < -0.4 is 21.3 Å². The number of aromatic hydroxyl groups is 1. The number of esters is 1. The van der Waals surface area contributed by atoms with Crippen molar-refractivity contribution in [3.63, 3.8) is 0 Å². The van der Waals surface area contributed by atoms with Gasteiger partial charge in [-0.15, -0.1) is 11.3 Å². The van der Waals surface area contributed by atoms with Crippen molar-refractivity contribution in [1.82, 2.24) is 40.5 Å². The van der Waals surface area contributed by atoms with E-state index in [4.69, 9.17) is 14.2 Å². The predicted octanol–water partition coefficient (Wildman–Crippen LogP) is 5.63. The molecule has 27 nitrogen and oxygen atoms in total. The maximum atomic E-state index is 14.4. The molecule has 2 aliphatic rings. The summed E-state index contributed by atoms with van der Waals surface area (Å²) in [5, 5.41) is 33.6. The van der Waals surface area contributed by atoms with Gasteiger partial charge in [0.05, 0.1) is 49.4 Å². The van der Waals surface area contributed by atoms with Crippen LogP contribution in [0, 0.1) is 23.7 Å². The Morgan fingerprint density at radius 2 is 1.33 bits per heavy atom. The number of nitrogens with zero attached hydrogens (tertiary/aromatic N) is 5. The molecule has 1 unspecified atom stereocenters. The number of amides is 9. The molecule has 3 heterocycles. The third-order valence-electron chi connectivity index (χ3n) is 17.4. The molecule has 7 atom stereocenters. The summed E-state index contributed by atoms with van der Waals surface area (Å²) in [5.74, 6) is -7.81. The topological polar surface area (TPSA) is 364 Å². The highest BCUT2D eigenvalue weighted by Crippen LogP contribution is 2.34. The molecule has 28 heteroatoms. The number of carbonyl (C=O) groups is 13. The van der Waals surface area contributed by atoms with Gasteiger partial charge in [0.1, 0.15) is 16.5 Å². The molecular formula is C68H99N9O18S. The van der Waals surface area contributed by atoms with Crippen LogP contribution >= 0.6 is 11.3 Å². The molecule has 2 aliphatic heterocycles. The predicted molar refractivity (Wildman–Crippen MR) is 356 cm³/mol. The Labute approximate surface area is 566 Å². The largest absolute Gasteiger partial charge is 0.506 e. The first kappa shape index (κ1) is 80.4. The fourth-order valence-electron chi connectivity index (χ4n) is 10.7. The summed E-state index contributed by atoms with van der Waals surface area (Å²) in [6.07, 6.45) is 6.67. The zero-order valence-corrected chi connectivity index (χ0v) is 58.2. The number of rotatable bonds is 46. The van der Waals surface area contributed by atoms with Crippen molar-refractivity contribution in [3.8, 4) is 5.75 Å². The maximum absolute atomic E-state index is 14.4. The molecule has 4 rings (SSSR count). The molecule has 1 aromatic heterocycles. The number of hydrogen-bond donors (Lipinski definition) is 6. The number of ether oxygens (including phenoxy) is 3. The number of imide groups is 2. The molecule has 9 amide bonds. The summed E-state index contributed by atoms with van der Waals surface area (Å²) in [5.41, 5.74) is -0.221. The van der Waals surface area contributed by atoms with Gasteiger partial charge >= 0.3 is 11.9 Å². The second-order valence-electron chi connectivity index (χ2n) is 25.5. The second-order valence-corrected chi connectivity index (χ2v) is 26.4. The van der Waals surface area contributed by atoms with Crippen LogP contribution in [0.15, 0.2) is 47.9 Å². The molecular weight excluding hydrogens is 1260 g/mol. The zero-order chi connectivity index (χ0) is 71.4. The number of phenols is 1. The number of nitrogens with one attached hydrogen (secondary N) is 4. The number of ketones is 2. The van der Waals surface area contributed by atoms with E-state index in [0.29, 0.717) is 49.2 Å². The van der Waals surface area contributed by atoms with Gasteiger partial charge in [-0.1, -0.05) is 47.1 Å². The normalized spacial score (nSPS) is 15.3. The Morgan fingerprint density at radius 3 is 1.91 bits per heavy atom. The zero-order valence-electron chi connectivity index (χ0n) is 57.4. The van der Waals surface area contributed by atoms with Crippen LogP contribution in [0.2, 0.25) is 0 Å². The van der Waals surface area contributed by atoms with Crippen LogP contribution in [-0.4, -0.2) is 202 Å². The number of carboxylic acid groups (broad SMARTS) is 1. The number of unbranched alkanes of at least 4 members (excludes halogenated alkanes) is 1. The van der Waals surface area contributed by atoms with E-state index in [9.17, 15) is 72.5 Å². The van der Waals surface area contributed by atoms with E-state index < -0.39 is 94.9 Å². The Bertz CT molecular complexity index is 3090. The van der Waals surface area contributed by atoms with Crippen LogP contribution in [0.1, 0.15) is 172 Å². The van der Waals surface area contributed by atoms with Gasteiger partial charge in [-0.3, -0.25) is 77.0 Å². The standard InChI is InChI=1S/C68H99N9O18S/c1-12-43(4)48(39-56(81)68(7,8)74(9)10)66(90)75(11)52(42(2)3)40-55(95-45(6)78)65-73-51(41-96-65)64(89)70-47(36-44(5)67(91)92)37-46-22-23-54(80)50(38-46)72-59(84)28-33-94-35-34-93-32-17-19-53(79)49(71-58(83)21-16-31-77-62(87)26-27-63(77)88)18-13-14-29-69-57(82)20-15-30-76-60(85)24-25-61(76)86/h22-27,38,41-44,47-49,52,55,80H,12-21,28-37,39-40H2,1-11H3,(H,69,82)(H,70,89)(H,71,83)(H,72,84)(H,91,92)/t43-,44?,47+,48-,49-,52+,55+/m0/s1. The maximum Gasteiger partial charge on any atom is 0.306 e. The molecule has 96 heavy (non-hydrogen) atoms. The van der Waals surface area contributed by atoms with Crippen LogP contribution in [0.25, 0.3) is 0 Å². The van der Waals surface area contributed by atoms with Gasteiger partial charge in [-0.05, 0) is 109 Å². The molecule has 0 fully saturated rings. The fourth-order valence-corrected chi connectivity index (χ4v) is 11.6. The van der Waals surface area contributed by atoms with E-state index in [1.807, 2.05) is 60.5 Å². The molecule has 0 bridgehead atoms. The SMILES string of the molecule is CC[C@H](C)[C@H](CC(=O)C(C)(C)N(C)C)C(=O)N(C)[C@H](C[C@@H](OC(C)=O)c1nc(C(=O)N[C@@H](Cc2ccc(O)c(NC(=O)CCOCCOCCCC(=O)[C@H](CCCCNC(=O)CCCN3C(=O)C=CC3=O)NC(=O)CCCN3C(=O)C=CC3=O)c2)CC(C)C(=O)O)cs1)C(C)C. The first-order valence-corrected chi connectivity index (χ1v) is 33.8. The van der Waals surface area contributed by atoms with Gasteiger partial charge in [0.25, 0.3) is 29.5 Å². The fraction of sp³-hybridized carbons (Fsp3) is 0.618. The summed E-state index contributed by atoms with van der Waals surface area (Å²) in [4.78, 5) is 176. The smallest absolute Gasteiger partial charge is 0.306 e. The molecule has 0 spiro atoms. The van der Waals surface area contributed by atoms with E-state index >= 15 is 0 Å². The molecule has 0 radical (unpaired) electrons. The third kappa shape index (κ3) is 26.2. The highest BCUT2D eigenvalue weighted by molar-refractivity contribution is 7.09. The van der Waals surface area contributed by atoms with Crippen LogP contribution in [0.4, 0.5) is 5.69 Å². The lowest BCUT2D eigenvalue weighted by Crippen LogP contribution is -2.50. The molecule has 1 aromatic carbocycles. The van der Waals surface area contributed by atoms with Crippen molar-refractivity contribution in [2.75, 3.05) is 72.5 Å². The number of carbonyl (C=O) groups excluding carboxylic acids is 12. The van der Waals surface area contributed by atoms with E-state index in [1.165, 1.54) is 43.5 Å². The van der Waals surface area contributed by atoms with Gasteiger partial charge in [0, 0.05) is 120 Å². The summed E-state index contributed by atoms with van der Waals surface area (Å²) >= 11 is 1.08. The summed E-state index contributed by atoms with van der Waals surface area (Å²) in [6.45, 7) is 15.1. The lowest BCUT2D eigenvalue weighted by Gasteiger charge is -2.38. The Kier molecular flexibility index (Phi) is 33.3. The monoisotopic (exact) mass is 1360 g/mol. The number of likely N-dealkylation sites (N-methyl/N-ethyl adjacent to an activating group) is 1. The van der Waals surface area contributed by atoms with Crippen molar-refractivity contribution in [3.05, 3.63) is 64.1 Å². The van der Waals surface area contributed by atoms with Gasteiger partial charge < -0.3 is 50.6 Å². The van der Waals surface area contributed by atoms with Crippen molar-refractivity contribution in [1.29, 1.82) is 0 Å². The lowest BCUT2D eigenvalue weighted by molar-refractivity contribution is -0.150. The summed E-state index contributed by atoms with van der Waals surface area (Å²) in [7, 11) is 5.33. The van der Waals surface area contributed by atoms with E-state index in [0.717, 1.165) is 33.3 Å². The van der Waals surface area contributed by atoms with Gasteiger partial charge in [-0.2, -0.15) is 0 Å². The number of Topliss-reactive ketones (excluding diaryl/α,β-unsaturated/α-hetero) is 2. The minimum atomic E-state index is -1.10. The molecule has 6 N–H and O–H groups in total. The average Bonchev–Trinajstić information content (AvgIpc) is 1.33. The lowest BCUT2D eigenvalue weighted by atomic mass is 9.81. The Balaban J connectivity index is 1.27. The number of phenolic OH excluding ortho intramolecular Hbond substituents is 1. The van der Waals surface area contributed by atoms with E-state index in [-0.39, 0.29) is 156 Å². The number of hydrogen-bond acceptors (Lipinski definition) is 20. The third-order valence-corrected chi connectivity index (χ3v) is 18.3. The second kappa shape index (κ2) is 39.8. The highest BCUT2D eigenvalue weighted by atomic mass is 32.1. The van der Waals surface area contributed by atoms with Crippen LogP contribution in [0.5, 0.6) is 5.75 Å². The van der Waals surface area contributed by atoms with E-state index in [2.05, 4.69) is 26.3 Å². The van der Waals surface area contributed by atoms with Crippen LogP contribution in [-0.2, 0) is 78.2 Å². The number of carboxylic acids is 1. The summed E-state index contributed by atoms with van der Waals surface area (Å²) in [6, 6.07) is 2.34. The van der Waals surface area contributed by atoms with Crippen molar-refractivity contribution in [2.24, 2.45) is 23.7 Å². The molecule has 0 aliphatic carbocycles. The molecule has 0 saturated carbocycles. The Hall–Kier alpha value is -8.08. The van der Waals surface area contributed by atoms with Gasteiger partial charge in [0.15, 0.2) is 17.7 Å². The minimum Gasteiger partial charge on any atom is -0.506 e. The van der Waals surface area contributed by atoms with Crippen molar-refractivity contribution >= 4 is 93.7 Å². The van der Waals surface area contributed by atoms with Gasteiger partial charge in [-0.25, -0.2) is 4.98 Å². The minimum absolute atomic E-state index is 0.0113. The number of anilines is 1.